The Morgan fingerprint density at radius 2 is 1.49 bits per heavy atom. The number of nitrogens with one attached hydrogen (secondary N) is 1. The van der Waals surface area contributed by atoms with Crippen molar-refractivity contribution in [3.63, 3.8) is 0 Å². The highest BCUT2D eigenvalue weighted by Gasteiger charge is 2.34. The monoisotopic (exact) mass is 740 g/mol. The fourth-order valence-electron chi connectivity index (χ4n) is 6.75. The Morgan fingerprint density at radius 1 is 0.906 bits per heavy atom. The second-order valence-electron chi connectivity index (χ2n) is 14.0. The van der Waals surface area contributed by atoms with E-state index in [1.165, 1.54) is 58.3 Å². The zero-order valence-corrected chi connectivity index (χ0v) is 33.2. The minimum Gasteiger partial charge on any atom is -0.493 e. The molecule has 1 N–H and O–H groups in total. The number of ether oxygens (including phenoxy) is 4. The van der Waals surface area contributed by atoms with Crippen LogP contribution in [0.3, 0.4) is 0 Å². The maximum atomic E-state index is 11.5. The first-order valence-electron chi connectivity index (χ1n) is 19.2. The highest BCUT2D eigenvalue weighted by molar-refractivity contribution is 5.73. The molecule has 0 aromatic heterocycles. The molecule has 0 radical (unpaired) electrons. The number of hydrogen-bond donors (Lipinski definition) is 1. The molecule has 0 saturated heterocycles. The first-order chi connectivity index (χ1) is 25.5. The van der Waals surface area contributed by atoms with E-state index >= 15 is 0 Å². The zero-order chi connectivity index (χ0) is 39.1. The molecule has 2 aromatic carbocycles. The van der Waals surface area contributed by atoms with E-state index < -0.39 is 22.6 Å². The van der Waals surface area contributed by atoms with E-state index in [9.17, 15) is 20.2 Å². The number of methoxy groups -OCH3 is 3. The van der Waals surface area contributed by atoms with Crippen LogP contribution in [0.1, 0.15) is 115 Å². The molecule has 0 heterocycles. The number of likely N-dealkylation sites (N-methyl/N-ethyl adjacent to an activating group) is 1. The number of unbranched alkanes of at least 4 members (excludes halogenated alkanes) is 9. The predicted molar refractivity (Wildman–Crippen MR) is 207 cm³/mol. The van der Waals surface area contributed by atoms with E-state index in [-0.39, 0.29) is 12.5 Å². The summed E-state index contributed by atoms with van der Waals surface area (Å²) < 4.78 is 22.9. The van der Waals surface area contributed by atoms with Crippen molar-refractivity contribution >= 4 is 5.91 Å². The van der Waals surface area contributed by atoms with Gasteiger partial charge in [0.1, 0.15) is 12.4 Å². The normalized spacial score (nSPS) is 13.3. The standard InChI is InChI=1S/C41H64N4O8/c1-8-9-10-11-12-13-14-15-16-19-24-41(31-42,35-28-37(49-5)40(51-7)38(29-35)50-6)25-20-26-44(4)27-23-34-21-17-18-22-36(34)52-30-39(53-45(47)48)32(2)43-33(3)46/h17-18,21-22,28-29,32,39H,8-16,19-20,23-27,30H2,1-7H3,(H,43,46). The van der Waals surface area contributed by atoms with Gasteiger partial charge in [0.15, 0.2) is 17.6 Å². The zero-order valence-electron chi connectivity index (χ0n) is 33.2. The summed E-state index contributed by atoms with van der Waals surface area (Å²) in [5.41, 5.74) is 1.12. The van der Waals surface area contributed by atoms with Crippen LogP contribution in [0.25, 0.3) is 0 Å². The molecule has 0 fully saturated rings. The minimum absolute atomic E-state index is 0.106. The summed E-state index contributed by atoms with van der Waals surface area (Å²) in [6.07, 6.45) is 14.2. The third kappa shape index (κ3) is 15.7. The Bertz CT molecular complexity index is 1390. The molecular formula is C41H64N4O8. The number of hydrogen-bond acceptors (Lipinski definition) is 10. The molecule has 0 aliphatic heterocycles. The molecule has 3 unspecified atom stereocenters. The summed E-state index contributed by atoms with van der Waals surface area (Å²) >= 11 is 0. The average Bonchev–Trinajstić information content (AvgIpc) is 3.14. The van der Waals surface area contributed by atoms with E-state index in [1.54, 1.807) is 28.3 Å². The molecule has 2 aromatic rings. The summed E-state index contributed by atoms with van der Waals surface area (Å²) in [4.78, 5) is 29.7. The first kappa shape index (κ1) is 44.9. The van der Waals surface area contributed by atoms with Gasteiger partial charge in [-0.3, -0.25) is 4.79 Å². The van der Waals surface area contributed by atoms with E-state index in [0.29, 0.717) is 35.8 Å². The van der Waals surface area contributed by atoms with Gasteiger partial charge < -0.3 is 34.0 Å². The average molecular weight is 741 g/mol. The Morgan fingerprint density at radius 3 is 2.04 bits per heavy atom. The van der Waals surface area contributed by atoms with Crippen molar-refractivity contribution in [3.8, 4) is 29.1 Å². The predicted octanol–water partition coefficient (Wildman–Crippen LogP) is 8.22. The number of benzene rings is 2. The molecule has 12 heteroatoms. The summed E-state index contributed by atoms with van der Waals surface area (Å²) in [6.45, 7) is 6.64. The van der Waals surface area contributed by atoms with Gasteiger partial charge in [0.05, 0.1) is 38.9 Å². The van der Waals surface area contributed by atoms with Crippen molar-refractivity contribution in [1.29, 1.82) is 5.26 Å². The topological polar surface area (TPSA) is 145 Å². The molecule has 296 valence electrons. The lowest BCUT2D eigenvalue weighted by atomic mass is 9.73. The SMILES string of the molecule is CCCCCCCCCCCCC(C#N)(CCCN(C)CCc1ccccc1OCC(O[N+](=O)[O-])C(C)NC(C)=O)c1cc(OC)c(OC)c(OC)c1. The fraction of sp³-hybridized carbons (Fsp3) is 0.659. The summed E-state index contributed by atoms with van der Waals surface area (Å²) in [7, 11) is 6.84. The number of carbonyl (C=O) groups is 1. The van der Waals surface area contributed by atoms with Gasteiger partial charge in [-0.2, -0.15) is 5.26 Å². The van der Waals surface area contributed by atoms with E-state index in [0.717, 1.165) is 49.9 Å². The molecular weight excluding hydrogens is 676 g/mol. The number of amides is 1. The lowest BCUT2D eigenvalue weighted by Gasteiger charge is -2.30. The van der Waals surface area contributed by atoms with Gasteiger partial charge in [0.25, 0.3) is 5.09 Å². The van der Waals surface area contributed by atoms with E-state index in [1.807, 2.05) is 36.4 Å². The molecule has 3 atom stereocenters. The maximum Gasteiger partial charge on any atom is 0.294 e. The molecule has 2 rings (SSSR count). The third-order valence-corrected chi connectivity index (χ3v) is 9.88. The van der Waals surface area contributed by atoms with Gasteiger partial charge >= 0.3 is 0 Å². The van der Waals surface area contributed by atoms with Crippen LogP contribution in [0.15, 0.2) is 36.4 Å². The number of para-hydroxylation sites is 1. The molecule has 0 aliphatic rings. The maximum absolute atomic E-state index is 11.5. The Hall–Kier alpha value is -4.24. The fourth-order valence-corrected chi connectivity index (χ4v) is 6.75. The Kier molecular flexibility index (Phi) is 21.1. The van der Waals surface area contributed by atoms with Gasteiger partial charge in [0, 0.05) is 13.5 Å². The Balaban J connectivity index is 2.09. The molecule has 0 saturated carbocycles. The minimum atomic E-state index is -0.976. The molecule has 53 heavy (non-hydrogen) atoms. The van der Waals surface area contributed by atoms with Crippen molar-refractivity contribution in [3.05, 3.63) is 57.6 Å². The molecule has 0 spiro atoms. The van der Waals surface area contributed by atoms with Crippen molar-refractivity contribution in [1.82, 2.24) is 10.2 Å². The third-order valence-electron chi connectivity index (χ3n) is 9.88. The van der Waals surface area contributed by atoms with Crippen LogP contribution < -0.4 is 24.3 Å². The number of nitriles is 1. The van der Waals surface area contributed by atoms with Gasteiger partial charge in [-0.25, -0.2) is 0 Å². The van der Waals surface area contributed by atoms with Gasteiger partial charge in [-0.1, -0.05) is 89.3 Å². The van der Waals surface area contributed by atoms with E-state index in [2.05, 4.69) is 30.3 Å². The second-order valence-corrected chi connectivity index (χ2v) is 14.0. The van der Waals surface area contributed by atoms with Crippen molar-refractivity contribution in [2.75, 3.05) is 48.1 Å². The smallest absolute Gasteiger partial charge is 0.294 e. The lowest BCUT2D eigenvalue weighted by molar-refractivity contribution is -0.769. The quantitative estimate of drug-likeness (QED) is 0.0492. The van der Waals surface area contributed by atoms with Crippen LogP contribution in [-0.4, -0.2) is 76.1 Å². The lowest BCUT2D eigenvalue weighted by Crippen LogP contribution is -2.45. The first-order valence-corrected chi connectivity index (χ1v) is 19.2. The molecule has 1 amide bonds. The summed E-state index contributed by atoms with van der Waals surface area (Å²) in [5.74, 6) is 1.89. The molecule has 0 bridgehead atoms. The number of nitrogens with zero attached hydrogens (tertiary/aromatic N) is 3. The molecule has 0 aliphatic carbocycles. The molecule has 12 nitrogen and oxygen atoms in total. The van der Waals surface area contributed by atoms with Crippen LogP contribution in [0, 0.1) is 21.4 Å². The van der Waals surface area contributed by atoms with Gasteiger partial charge in [0.2, 0.25) is 11.7 Å². The second kappa shape index (κ2) is 24.9. The van der Waals surface area contributed by atoms with E-state index in [4.69, 9.17) is 23.8 Å². The van der Waals surface area contributed by atoms with Crippen LogP contribution in [0.5, 0.6) is 23.0 Å². The van der Waals surface area contributed by atoms with Gasteiger partial charge in [-0.15, -0.1) is 10.1 Å². The van der Waals surface area contributed by atoms with Crippen LogP contribution in [0.4, 0.5) is 0 Å². The summed E-state index contributed by atoms with van der Waals surface area (Å²) in [5, 5.41) is 23.7. The van der Waals surface area contributed by atoms with Gasteiger partial charge in [-0.05, 0) is 75.5 Å². The van der Waals surface area contributed by atoms with Crippen molar-refractivity contribution in [2.24, 2.45) is 0 Å². The van der Waals surface area contributed by atoms with Crippen LogP contribution >= 0.6 is 0 Å². The van der Waals surface area contributed by atoms with Crippen molar-refractivity contribution < 1.29 is 33.7 Å². The highest BCUT2D eigenvalue weighted by atomic mass is 17.0. The number of carbonyl (C=O) groups excluding carboxylic acids is 1. The Labute approximate surface area is 317 Å². The van der Waals surface area contributed by atoms with Crippen LogP contribution in [-0.2, 0) is 21.5 Å². The number of rotatable bonds is 29. The van der Waals surface area contributed by atoms with Crippen molar-refractivity contribution in [2.45, 2.75) is 128 Å². The van der Waals surface area contributed by atoms with Crippen LogP contribution in [0.2, 0.25) is 0 Å². The summed E-state index contributed by atoms with van der Waals surface area (Å²) in [6, 6.07) is 13.6. The largest absolute Gasteiger partial charge is 0.493 e. The highest BCUT2D eigenvalue weighted by Crippen LogP contribution is 2.44.